The fraction of sp³-hybridized carbons (Fsp3) is 0.348. The quantitative estimate of drug-likeness (QED) is 0.612. The Labute approximate surface area is 155 Å². The topological polar surface area (TPSA) is 38.7 Å². The van der Waals surface area contributed by atoms with E-state index in [4.69, 9.17) is 4.98 Å². The van der Waals surface area contributed by atoms with Crippen molar-refractivity contribution in [2.75, 3.05) is 0 Å². The molecule has 1 aromatic carbocycles. The van der Waals surface area contributed by atoms with Crippen molar-refractivity contribution in [3.8, 4) is 22.6 Å². The second-order valence-electron chi connectivity index (χ2n) is 8.53. The summed E-state index contributed by atoms with van der Waals surface area (Å²) in [6.07, 6.45) is 7.82. The van der Waals surface area contributed by atoms with Gasteiger partial charge < -0.3 is 0 Å². The molecule has 0 spiro atoms. The Morgan fingerprint density at radius 2 is 1.42 bits per heavy atom. The average molecular weight is 343 g/mol. The van der Waals surface area contributed by atoms with Gasteiger partial charge in [-0.25, -0.2) is 9.97 Å². The van der Waals surface area contributed by atoms with Crippen molar-refractivity contribution in [1.29, 1.82) is 0 Å². The fourth-order valence-electron chi connectivity index (χ4n) is 3.91. The molecule has 2 aromatic heterocycles. The fourth-order valence-corrected chi connectivity index (χ4v) is 3.91. The lowest BCUT2D eigenvalue weighted by molar-refractivity contribution is 0.332. The molecule has 0 aliphatic heterocycles. The van der Waals surface area contributed by atoms with Crippen LogP contribution in [-0.4, -0.2) is 15.0 Å². The molecule has 0 unspecified atom stereocenters. The van der Waals surface area contributed by atoms with Crippen LogP contribution in [0.2, 0.25) is 0 Å². The Balaban J connectivity index is 1.81. The molecule has 3 heteroatoms. The van der Waals surface area contributed by atoms with E-state index in [0.717, 1.165) is 22.6 Å². The van der Waals surface area contributed by atoms with Crippen molar-refractivity contribution in [2.24, 2.45) is 0 Å². The first-order valence-corrected chi connectivity index (χ1v) is 9.26. The maximum atomic E-state index is 4.81. The molecule has 0 saturated heterocycles. The summed E-state index contributed by atoms with van der Waals surface area (Å²) in [5.74, 6) is 0.738. The van der Waals surface area contributed by atoms with Gasteiger partial charge in [0.05, 0.1) is 5.69 Å². The van der Waals surface area contributed by atoms with E-state index in [1.54, 1.807) is 12.4 Å². The zero-order chi connectivity index (χ0) is 18.4. The van der Waals surface area contributed by atoms with E-state index in [0.29, 0.717) is 0 Å². The highest BCUT2D eigenvalue weighted by molar-refractivity contribution is 5.65. The summed E-state index contributed by atoms with van der Waals surface area (Å²) in [6, 6.07) is 12.7. The van der Waals surface area contributed by atoms with Gasteiger partial charge in [-0.1, -0.05) is 39.8 Å². The Morgan fingerprint density at radius 1 is 0.731 bits per heavy atom. The van der Waals surface area contributed by atoms with E-state index in [2.05, 4.69) is 55.9 Å². The number of pyridine rings is 1. The van der Waals surface area contributed by atoms with E-state index >= 15 is 0 Å². The molecule has 0 fully saturated rings. The first-order chi connectivity index (χ1) is 12.4. The predicted octanol–water partition coefficient (Wildman–Crippen LogP) is 5.55. The van der Waals surface area contributed by atoms with Gasteiger partial charge >= 0.3 is 0 Å². The first-order valence-electron chi connectivity index (χ1n) is 9.26. The van der Waals surface area contributed by atoms with Gasteiger partial charge in [-0.2, -0.15) is 0 Å². The molecular weight excluding hydrogens is 318 g/mol. The van der Waals surface area contributed by atoms with Gasteiger partial charge in [0.15, 0.2) is 5.82 Å². The largest absolute Gasteiger partial charge is 0.265 e. The molecular formula is C23H25N3. The van der Waals surface area contributed by atoms with Crippen molar-refractivity contribution in [2.45, 2.75) is 51.4 Å². The molecule has 0 bridgehead atoms. The van der Waals surface area contributed by atoms with Crippen molar-refractivity contribution >= 4 is 0 Å². The maximum absolute atomic E-state index is 4.81. The second kappa shape index (κ2) is 6.01. The standard InChI is InChI=1S/C23H25N3/c1-22(2)10-11-23(3,4)19-15-17(5-6-18(19)22)20-9-14-25-21(26-20)16-7-12-24-13-8-16/h5-9,12-15H,10-11H2,1-4H3. The first kappa shape index (κ1) is 16.9. The third-order valence-electron chi connectivity index (χ3n) is 5.74. The molecule has 1 aliphatic carbocycles. The van der Waals surface area contributed by atoms with Crippen LogP contribution in [-0.2, 0) is 10.8 Å². The van der Waals surface area contributed by atoms with Crippen LogP contribution >= 0.6 is 0 Å². The maximum Gasteiger partial charge on any atom is 0.159 e. The summed E-state index contributed by atoms with van der Waals surface area (Å²) < 4.78 is 0. The molecule has 1 aliphatic rings. The molecule has 4 rings (SSSR count). The Kier molecular flexibility index (Phi) is 3.91. The van der Waals surface area contributed by atoms with Crippen LogP contribution in [0.25, 0.3) is 22.6 Å². The average Bonchev–Trinajstić information content (AvgIpc) is 2.66. The SMILES string of the molecule is CC1(C)CCC(C)(C)c2cc(-c3ccnc(-c4ccncc4)n3)ccc21. The predicted molar refractivity (Wildman–Crippen MR) is 106 cm³/mol. The molecule has 0 saturated carbocycles. The van der Waals surface area contributed by atoms with Crippen molar-refractivity contribution in [3.63, 3.8) is 0 Å². The lowest BCUT2D eigenvalue weighted by Gasteiger charge is -2.42. The van der Waals surface area contributed by atoms with Gasteiger partial charge in [0.2, 0.25) is 0 Å². The minimum atomic E-state index is 0.196. The van der Waals surface area contributed by atoms with E-state index in [-0.39, 0.29) is 10.8 Å². The number of nitrogens with zero attached hydrogens (tertiary/aromatic N) is 3. The number of rotatable bonds is 2. The smallest absolute Gasteiger partial charge is 0.159 e. The molecule has 0 atom stereocenters. The third-order valence-corrected chi connectivity index (χ3v) is 5.74. The summed E-state index contributed by atoms with van der Waals surface area (Å²) in [7, 11) is 0. The van der Waals surface area contributed by atoms with E-state index in [1.165, 1.54) is 24.0 Å². The van der Waals surface area contributed by atoms with Crippen LogP contribution < -0.4 is 0 Å². The van der Waals surface area contributed by atoms with Crippen LogP contribution in [0.1, 0.15) is 51.7 Å². The van der Waals surface area contributed by atoms with Crippen molar-refractivity contribution in [3.05, 3.63) is 66.1 Å². The van der Waals surface area contributed by atoms with Gasteiger partial charge in [0, 0.05) is 29.7 Å². The van der Waals surface area contributed by atoms with Gasteiger partial charge in [0.1, 0.15) is 0 Å². The summed E-state index contributed by atoms with van der Waals surface area (Å²) >= 11 is 0. The van der Waals surface area contributed by atoms with Crippen LogP contribution in [0.15, 0.2) is 55.0 Å². The van der Waals surface area contributed by atoms with E-state index in [9.17, 15) is 0 Å². The molecule has 0 amide bonds. The molecule has 26 heavy (non-hydrogen) atoms. The molecule has 132 valence electrons. The van der Waals surface area contributed by atoms with Crippen LogP contribution in [0, 0.1) is 0 Å². The lowest BCUT2D eigenvalue weighted by Crippen LogP contribution is -2.33. The summed E-state index contributed by atoms with van der Waals surface area (Å²) in [4.78, 5) is 13.3. The summed E-state index contributed by atoms with van der Waals surface area (Å²) in [5, 5.41) is 0. The van der Waals surface area contributed by atoms with Gasteiger partial charge in [-0.15, -0.1) is 0 Å². The minimum absolute atomic E-state index is 0.196. The zero-order valence-corrected chi connectivity index (χ0v) is 16.0. The Bertz CT molecular complexity index is 943. The normalized spacial score (nSPS) is 17.5. The molecule has 3 aromatic rings. The number of hydrogen-bond donors (Lipinski definition) is 0. The lowest BCUT2D eigenvalue weighted by atomic mass is 9.63. The minimum Gasteiger partial charge on any atom is -0.265 e. The number of aromatic nitrogens is 3. The highest BCUT2D eigenvalue weighted by Crippen LogP contribution is 2.46. The highest BCUT2D eigenvalue weighted by Gasteiger charge is 2.37. The molecule has 2 heterocycles. The zero-order valence-electron chi connectivity index (χ0n) is 16.0. The summed E-state index contributed by atoms with van der Waals surface area (Å²) in [5.41, 5.74) is 6.47. The van der Waals surface area contributed by atoms with Gasteiger partial charge in [0.25, 0.3) is 0 Å². The third kappa shape index (κ3) is 2.92. The highest BCUT2D eigenvalue weighted by atomic mass is 14.9. The second-order valence-corrected chi connectivity index (χ2v) is 8.53. The van der Waals surface area contributed by atoms with Crippen LogP contribution in [0.4, 0.5) is 0 Å². The van der Waals surface area contributed by atoms with Crippen molar-refractivity contribution < 1.29 is 0 Å². The molecule has 0 radical (unpaired) electrons. The van der Waals surface area contributed by atoms with Crippen molar-refractivity contribution in [1.82, 2.24) is 15.0 Å². The van der Waals surface area contributed by atoms with Crippen LogP contribution in [0.5, 0.6) is 0 Å². The number of benzene rings is 1. The Morgan fingerprint density at radius 3 is 2.15 bits per heavy atom. The number of hydrogen-bond acceptors (Lipinski definition) is 3. The van der Waals surface area contributed by atoms with E-state index < -0.39 is 0 Å². The van der Waals surface area contributed by atoms with Gasteiger partial charge in [-0.05, 0) is 59.1 Å². The molecule has 3 nitrogen and oxygen atoms in total. The summed E-state index contributed by atoms with van der Waals surface area (Å²) in [6.45, 7) is 9.42. The van der Waals surface area contributed by atoms with Gasteiger partial charge in [-0.3, -0.25) is 4.98 Å². The van der Waals surface area contributed by atoms with Crippen LogP contribution in [0.3, 0.4) is 0 Å². The van der Waals surface area contributed by atoms with E-state index in [1.807, 2.05) is 24.4 Å². The number of fused-ring (bicyclic) bond motifs is 1. The Hall–Kier alpha value is -2.55. The monoisotopic (exact) mass is 343 g/mol. The molecule has 0 N–H and O–H groups in total.